The molecule has 4 heterocycles. The number of pyridine rings is 1. The highest BCUT2D eigenvalue weighted by Crippen LogP contribution is 2.52. The molecule has 3 aliphatic rings. The fraction of sp³-hybridized carbons (Fsp3) is 0.310. The fourth-order valence-corrected chi connectivity index (χ4v) is 5.16. The molecule has 1 N–H and O–H groups in total. The van der Waals surface area contributed by atoms with Crippen LogP contribution in [0.1, 0.15) is 42.9 Å². The summed E-state index contributed by atoms with van der Waals surface area (Å²) < 4.78 is 33.4. The van der Waals surface area contributed by atoms with Gasteiger partial charge in [-0.05, 0) is 59.9 Å². The van der Waals surface area contributed by atoms with E-state index in [1.165, 1.54) is 0 Å². The molecule has 7 heteroatoms. The van der Waals surface area contributed by atoms with Gasteiger partial charge in [0.2, 0.25) is 0 Å². The predicted molar refractivity (Wildman–Crippen MR) is 137 cm³/mol. The van der Waals surface area contributed by atoms with Gasteiger partial charge in [0.15, 0.2) is 11.6 Å². The number of benzene rings is 2. The summed E-state index contributed by atoms with van der Waals surface area (Å²) >= 11 is 0. The number of aliphatic imine (C=N–C) groups is 1. The van der Waals surface area contributed by atoms with Crippen molar-refractivity contribution < 1.29 is 18.6 Å². The maximum Gasteiger partial charge on any atom is 0.285 e. The number of amidine groups is 1. The molecule has 1 spiro atoms. The second-order valence-corrected chi connectivity index (χ2v) is 9.28. The zero-order valence-corrected chi connectivity index (χ0v) is 20.2. The lowest BCUT2D eigenvalue weighted by molar-refractivity contribution is 0.164. The summed E-state index contributed by atoms with van der Waals surface area (Å²) in [7, 11) is 0. The van der Waals surface area contributed by atoms with Crippen LogP contribution in [0.2, 0.25) is 0 Å². The van der Waals surface area contributed by atoms with Gasteiger partial charge in [0.05, 0.1) is 19.8 Å². The average molecular weight is 486 g/mol. The van der Waals surface area contributed by atoms with Gasteiger partial charge in [-0.1, -0.05) is 25.1 Å². The highest BCUT2D eigenvalue weighted by Gasteiger charge is 2.47. The third-order valence-electron chi connectivity index (χ3n) is 6.95. The molecule has 3 aliphatic heterocycles. The minimum atomic E-state index is -0.765. The van der Waals surface area contributed by atoms with Crippen LogP contribution in [-0.2, 0) is 15.0 Å². The molecule has 36 heavy (non-hydrogen) atoms. The van der Waals surface area contributed by atoms with Gasteiger partial charge in [-0.2, -0.15) is 0 Å². The largest absolute Gasteiger partial charge is 0.465 e. The number of hydrogen-bond donors (Lipinski definition) is 1. The molecule has 0 bridgehead atoms. The fourth-order valence-electron chi connectivity index (χ4n) is 5.16. The van der Waals surface area contributed by atoms with E-state index in [1.807, 2.05) is 36.5 Å². The molecular weight excluding hydrogens is 457 g/mol. The standard InChI is InChI=1S/C29H28FN3O3/c1-2-10-32-28-33-29(9-13-35-28)23-14-19(20-5-3-11-31-17-20)7-8-26(23)36-27-24(29)15-22(16-25(27)30)21-6-4-12-34-18-21/h3,5-8,11,14-17H,2,4,9-10,12-13,18H2,1H3,(H,32,33). The van der Waals surface area contributed by atoms with Crippen LogP contribution in [0.3, 0.4) is 0 Å². The van der Waals surface area contributed by atoms with Crippen LogP contribution in [-0.4, -0.2) is 37.4 Å². The van der Waals surface area contributed by atoms with Crippen LogP contribution in [0.25, 0.3) is 16.7 Å². The Bertz CT molecular complexity index is 1360. The summed E-state index contributed by atoms with van der Waals surface area (Å²) in [6.45, 7) is 4.31. The van der Waals surface area contributed by atoms with Crippen LogP contribution in [0, 0.1) is 5.82 Å². The summed E-state index contributed by atoms with van der Waals surface area (Å²) in [5, 5.41) is 3.57. The smallest absolute Gasteiger partial charge is 0.285 e. The highest BCUT2D eigenvalue weighted by molar-refractivity contribution is 5.80. The summed E-state index contributed by atoms with van der Waals surface area (Å²) in [5.41, 5.74) is 4.70. The van der Waals surface area contributed by atoms with Crippen molar-refractivity contribution in [2.45, 2.75) is 31.7 Å². The van der Waals surface area contributed by atoms with E-state index in [-0.39, 0.29) is 5.75 Å². The molecule has 1 unspecified atom stereocenters. The minimum absolute atomic E-state index is 0.238. The normalized spacial score (nSPS) is 21.6. The van der Waals surface area contributed by atoms with Gasteiger partial charge in [-0.15, -0.1) is 0 Å². The quantitative estimate of drug-likeness (QED) is 0.505. The summed E-state index contributed by atoms with van der Waals surface area (Å²) in [4.78, 5) is 8.90. The first-order chi connectivity index (χ1) is 17.7. The van der Waals surface area contributed by atoms with Crippen molar-refractivity contribution in [3.8, 4) is 22.6 Å². The van der Waals surface area contributed by atoms with Gasteiger partial charge >= 0.3 is 0 Å². The van der Waals surface area contributed by atoms with Crippen molar-refractivity contribution in [1.29, 1.82) is 0 Å². The van der Waals surface area contributed by atoms with Crippen LogP contribution in [0.15, 0.2) is 65.9 Å². The minimum Gasteiger partial charge on any atom is -0.465 e. The molecular formula is C29H28FN3O3. The Morgan fingerprint density at radius 3 is 2.81 bits per heavy atom. The Labute approximate surface area is 209 Å². The SMILES string of the molecule is CCCN=C1NC2(CCO1)c1cc(-c3cccnc3)ccc1Oc1c(F)cc(C3=CCCOC3)cc12. The Kier molecular flexibility index (Phi) is 5.93. The van der Waals surface area contributed by atoms with Crippen LogP contribution in [0.5, 0.6) is 11.5 Å². The first-order valence-corrected chi connectivity index (χ1v) is 12.5. The molecule has 0 saturated carbocycles. The van der Waals surface area contributed by atoms with Crippen LogP contribution >= 0.6 is 0 Å². The molecule has 0 radical (unpaired) electrons. The molecule has 1 aromatic heterocycles. The summed E-state index contributed by atoms with van der Waals surface area (Å²) in [6.07, 6.45) is 8.03. The Morgan fingerprint density at radius 1 is 1.08 bits per heavy atom. The number of hydrogen-bond acceptors (Lipinski definition) is 5. The van der Waals surface area contributed by atoms with Crippen molar-refractivity contribution in [2.24, 2.45) is 4.99 Å². The Balaban J connectivity index is 1.55. The van der Waals surface area contributed by atoms with Gasteiger partial charge in [0.1, 0.15) is 11.3 Å². The van der Waals surface area contributed by atoms with Gasteiger partial charge in [-0.3, -0.25) is 4.98 Å². The summed E-state index contributed by atoms with van der Waals surface area (Å²) in [6, 6.07) is 14.0. The van der Waals surface area contributed by atoms with E-state index in [9.17, 15) is 0 Å². The zero-order chi connectivity index (χ0) is 24.5. The van der Waals surface area contributed by atoms with E-state index in [4.69, 9.17) is 14.2 Å². The predicted octanol–water partition coefficient (Wildman–Crippen LogP) is 5.82. The molecule has 1 fully saturated rings. The maximum absolute atomic E-state index is 15.7. The van der Waals surface area contributed by atoms with Crippen LogP contribution in [0.4, 0.5) is 4.39 Å². The molecule has 6 nitrogen and oxygen atoms in total. The lowest BCUT2D eigenvalue weighted by Gasteiger charge is -2.44. The first-order valence-electron chi connectivity index (χ1n) is 12.5. The first kappa shape index (κ1) is 22.7. The molecule has 184 valence electrons. The molecule has 1 atom stereocenters. The van der Waals surface area contributed by atoms with Gasteiger partial charge in [0.25, 0.3) is 6.02 Å². The lowest BCUT2D eigenvalue weighted by atomic mass is 9.75. The van der Waals surface area contributed by atoms with Crippen molar-refractivity contribution in [3.05, 3.63) is 83.4 Å². The molecule has 0 aliphatic carbocycles. The number of halogens is 1. The number of nitrogens with zero attached hydrogens (tertiary/aromatic N) is 2. The zero-order valence-electron chi connectivity index (χ0n) is 20.2. The third kappa shape index (κ3) is 3.93. The second-order valence-electron chi connectivity index (χ2n) is 9.28. The number of ether oxygens (including phenoxy) is 3. The number of nitrogens with one attached hydrogen (secondary N) is 1. The van der Waals surface area contributed by atoms with E-state index >= 15 is 4.39 Å². The molecule has 2 aromatic carbocycles. The monoisotopic (exact) mass is 485 g/mol. The van der Waals surface area contributed by atoms with Crippen molar-refractivity contribution in [1.82, 2.24) is 10.3 Å². The van der Waals surface area contributed by atoms with E-state index in [1.54, 1.807) is 12.3 Å². The van der Waals surface area contributed by atoms with Crippen molar-refractivity contribution in [2.75, 3.05) is 26.4 Å². The van der Waals surface area contributed by atoms with E-state index in [2.05, 4.69) is 34.4 Å². The third-order valence-corrected chi connectivity index (χ3v) is 6.95. The maximum atomic E-state index is 15.7. The molecule has 6 rings (SSSR count). The lowest BCUT2D eigenvalue weighted by Crippen LogP contribution is -2.53. The average Bonchev–Trinajstić information content (AvgIpc) is 2.93. The molecule has 0 amide bonds. The van der Waals surface area contributed by atoms with E-state index in [0.29, 0.717) is 44.6 Å². The Hall–Kier alpha value is -3.71. The van der Waals surface area contributed by atoms with Gasteiger partial charge < -0.3 is 19.5 Å². The van der Waals surface area contributed by atoms with E-state index in [0.717, 1.165) is 46.2 Å². The topological polar surface area (TPSA) is 65.0 Å². The molecule has 1 saturated heterocycles. The number of aromatic nitrogens is 1. The van der Waals surface area contributed by atoms with Gasteiger partial charge in [-0.25, -0.2) is 9.38 Å². The van der Waals surface area contributed by atoms with Crippen molar-refractivity contribution >= 4 is 11.6 Å². The van der Waals surface area contributed by atoms with Crippen molar-refractivity contribution in [3.63, 3.8) is 0 Å². The number of fused-ring (bicyclic) bond motifs is 4. The van der Waals surface area contributed by atoms with Gasteiger partial charge in [0, 0.05) is 42.0 Å². The Morgan fingerprint density at radius 2 is 2.00 bits per heavy atom. The second kappa shape index (κ2) is 9.39. The highest BCUT2D eigenvalue weighted by atomic mass is 19.1. The molecule has 3 aromatic rings. The van der Waals surface area contributed by atoms with E-state index < -0.39 is 11.4 Å². The van der Waals surface area contributed by atoms with Crippen LogP contribution < -0.4 is 10.1 Å². The number of rotatable bonds is 4. The summed E-state index contributed by atoms with van der Waals surface area (Å²) in [5.74, 6) is 0.462.